The maximum Gasteiger partial charge on any atom is 0.0699 e. The van der Waals surface area contributed by atoms with E-state index in [1.807, 2.05) is 6.21 Å². The Kier molecular flexibility index (Phi) is 5.64. The van der Waals surface area contributed by atoms with Crippen LogP contribution < -0.4 is 0 Å². The number of para-hydroxylation sites is 1. The highest BCUT2D eigenvalue weighted by Gasteiger charge is 2.14. The van der Waals surface area contributed by atoms with Gasteiger partial charge in [-0.25, -0.2) is 0 Å². The van der Waals surface area contributed by atoms with Crippen molar-refractivity contribution in [1.29, 1.82) is 0 Å². The average molecular weight is 322 g/mol. The topological polar surface area (TPSA) is 12.4 Å². The minimum absolute atomic E-state index is 0.185. The molecule has 0 heterocycles. The Labute approximate surface area is 147 Å². The number of aliphatic imine (C=N–C) groups is 1. The maximum atomic E-state index is 4.89. The van der Waals surface area contributed by atoms with Crippen molar-refractivity contribution in [3.8, 4) is 0 Å². The van der Waals surface area contributed by atoms with Crippen LogP contribution in [0.25, 0.3) is 0 Å². The van der Waals surface area contributed by atoms with E-state index in [-0.39, 0.29) is 5.41 Å². The molecular weight excluding hydrogens is 290 g/mol. The van der Waals surface area contributed by atoms with E-state index in [4.69, 9.17) is 4.99 Å². The third-order valence-corrected chi connectivity index (χ3v) is 4.46. The lowest BCUT2D eigenvalue weighted by Crippen LogP contribution is -2.10. The normalized spacial score (nSPS) is 12.5. The zero-order chi connectivity index (χ0) is 17.9. The van der Waals surface area contributed by atoms with Crippen molar-refractivity contribution in [3.05, 3.63) is 64.7 Å². The lowest BCUT2D eigenvalue weighted by Gasteiger charge is -2.19. The summed E-state index contributed by atoms with van der Waals surface area (Å²) in [6, 6.07) is 15.3. The fourth-order valence-corrected chi connectivity index (χ4v) is 2.87. The predicted molar refractivity (Wildman–Crippen MR) is 107 cm³/mol. The highest BCUT2D eigenvalue weighted by Crippen LogP contribution is 2.34. The van der Waals surface area contributed by atoms with Gasteiger partial charge in [0, 0.05) is 6.21 Å². The summed E-state index contributed by atoms with van der Waals surface area (Å²) in [4.78, 5) is 4.89. The molecule has 0 aliphatic rings. The summed E-state index contributed by atoms with van der Waals surface area (Å²) in [5.74, 6) is 0.943. The van der Waals surface area contributed by atoms with Crippen LogP contribution in [0.5, 0.6) is 0 Å². The molecule has 0 radical (unpaired) electrons. The summed E-state index contributed by atoms with van der Waals surface area (Å²) in [5.41, 5.74) is 6.47. The number of benzene rings is 2. The standard InChI is InChI=1S/C23H31N/c1-16(2)20-9-8-10-21(17(3)4)22(20)24-15-18-11-13-19(14-12-18)23(5,6)7/h8-17H,1-7H3. The lowest BCUT2D eigenvalue weighted by molar-refractivity contribution is 0.590. The molecule has 24 heavy (non-hydrogen) atoms. The van der Waals surface area contributed by atoms with E-state index in [1.54, 1.807) is 0 Å². The van der Waals surface area contributed by atoms with Crippen molar-refractivity contribution < 1.29 is 0 Å². The molecule has 0 aliphatic carbocycles. The molecule has 0 saturated carbocycles. The van der Waals surface area contributed by atoms with E-state index in [1.165, 1.54) is 16.7 Å². The van der Waals surface area contributed by atoms with Gasteiger partial charge in [-0.1, -0.05) is 90.9 Å². The molecule has 0 aliphatic heterocycles. The first-order valence-electron chi connectivity index (χ1n) is 8.97. The smallest absolute Gasteiger partial charge is 0.0699 e. The molecule has 2 aromatic carbocycles. The predicted octanol–water partition coefficient (Wildman–Crippen LogP) is 6.98. The zero-order valence-electron chi connectivity index (χ0n) is 16.2. The zero-order valence-corrected chi connectivity index (χ0v) is 16.2. The Bertz CT molecular complexity index is 672. The van der Waals surface area contributed by atoms with Gasteiger partial charge in [0.2, 0.25) is 0 Å². The van der Waals surface area contributed by atoms with Crippen LogP contribution in [-0.2, 0) is 5.41 Å². The van der Waals surface area contributed by atoms with E-state index < -0.39 is 0 Å². The van der Waals surface area contributed by atoms with E-state index in [9.17, 15) is 0 Å². The molecule has 128 valence electrons. The van der Waals surface area contributed by atoms with Crippen molar-refractivity contribution in [3.63, 3.8) is 0 Å². The van der Waals surface area contributed by atoms with Gasteiger partial charge in [-0.3, -0.25) is 4.99 Å². The third kappa shape index (κ3) is 4.35. The van der Waals surface area contributed by atoms with Crippen molar-refractivity contribution in [1.82, 2.24) is 0 Å². The number of rotatable bonds is 4. The highest BCUT2D eigenvalue weighted by atomic mass is 14.7. The number of nitrogens with zero attached hydrogens (tertiary/aromatic N) is 1. The largest absolute Gasteiger partial charge is 0.256 e. The SMILES string of the molecule is CC(C)c1cccc(C(C)C)c1N=Cc1ccc(C(C)(C)C)cc1. The summed E-state index contributed by atoms with van der Waals surface area (Å²) in [7, 11) is 0. The second-order valence-electron chi connectivity index (χ2n) is 8.22. The first kappa shape index (κ1) is 18.4. The summed E-state index contributed by atoms with van der Waals surface area (Å²) >= 11 is 0. The fraction of sp³-hybridized carbons (Fsp3) is 0.435. The molecule has 2 aromatic rings. The van der Waals surface area contributed by atoms with Crippen LogP contribution in [-0.4, -0.2) is 6.21 Å². The molecule has 0 N–H and O–H groups in total. The Morgan fingerprint density at radius 3 is 1.71 bits per heavy atom. The van der Waals surface area contributed by atoms with Crippen LogP contribution in [0.3, 0.4) is 0 Å². The quantitative estimate of drug-likeness (QED) is 0.538. The lowest BCUT2D eigenvalue weighted by atomic mass is 9.87. The number of hydrogen-bond donors (Lipinski definition) is 0. The molecule has 1 heteroatoms. The molecule has 2 rings (SSSR count). The van der Waals surface area contributed by atoms with Crippen molar-refractivity contribution in [2.24, 2.45) is 4.99 Å². The summed E-state index contributed by atoms with van der Waals surface area (Å²) in [6.07, 6.45) is 2.00. The Hall–Kier alpha value is -1.89. The summed E-state index contributed by atoms with van der Waals surface area (Å²) in [6.45, 7) is 15.7. The van der Waals surface area contributed by atoms with E-state index in [0.29, 0.717) is 11.8 Å². The van der Waals surface area contributed by atoms with Crippen LogP contribution in [0.15, 0.2) is 47.5 Å². The molecule has 0 spiro atoms. The molecule has 1 nitrogen and oxygen atoms in total. The Morgan fingerprint density at radius 1 is 0.792 bits per heavy atom. The van der Waals surface area contributed by atoms with Crippen LogP contribution in [0.4, 0.5) is 5.69 Å². The average Bonchev–Trinajstić information content (AvgIpc) is 2.51. The van der Waals surface area contributed by atoms with Crippen LogP contribution >= 0.6 is 0 Å². The molecule has 0 unspecified atom stereocenters. The van der Waals surface area contributed by atoms with Gasteiger partial charge in [-0.2, -0.15) is 0 Å². The highest BCUT2D eigenvalue weighted by molar-refractivity contribution is 5.83. The Balaban J connectivity index is 2.38. The van der Waals surface area contributed by atoms with Crippen molar-refractivity contribution >= 4 is 11.9 Å². The van der Waals surface area contributed by atoms with Crippen LogP contribution in [0.2, 0.25) is 0 Å². The van der Waals surface area contributed by atoms with Gasteiger partial charge in [-0.15, -0.1) is 0 Å². The summed E-state index contributed by atoms with van der Waals surface area (Å²) in [5, 5.41) is 0. The van der Waals surface area contributed by atoms with Gasteiger partial charge in [0.15, 0.2) is 0 Å². The van der Waals surface area contributed by atoms with Crippen molar-refractivity contribution in [2.45, 2.75) is 65.7 Å². The van der Waals surface area contributed by atoms with Gasteiger partial charge in [0.25, 0.3) is 0 Å². The molecule has 0 amide bonds. The fourth-order valence-electron chi connectivity index (χ4n) is 2.87. The molecular formula is C23H31N. The van der Waals surface area contributed by atoms with Gasteiger partial charge >= 0.3 is 0 Å². The molecule has 0 aromatic heterocycles. The maximum absolute atomic E-state index is 4.89. The second kappa shape index (κ2) is 7.34. The Morgan fingerprint density at radius 2 is 1.29 bits per heavy atom. The third-order valence-electron chi connectivity index (χ3n) is 4.46. The molecule has 0 saturated heterocycles. The van der Waals surface area contributed by atoms with Gasteiger partial charge in [0.1, 0.15) is 0 Å². The molecule has 0 atom stereocenters. The first-order chi connectivity index (χ1) is 11.2. The molecule has 0 fully saturated rings. The van der Waals surface area contributed by atoms with Gasteiger partial charge in [-0.05, 0) is 39.5 Å². The second-order valence-corrected chi connectivity index (χ2v) is 8.22. The van der Waals surface area contributed by atoms with E-state index in [0.717, 1.165) is 11.3 Å². The van der Waals surface area contributed by atoms with Crippen LogP contribution in [0.1, 0.15) is 82.6 Å². The van der Waals surface area contributed by atoms with Gasteiger partial charge in [0.05, 0.1) is 5.69 Å². The number of hydrogen-bond acceptors (Lipinski definition) is 1. The minimum atomic E-state index is 0.185. The monoisotopic (exact) mass is 321 g/mol. The minimum Gasteiger partial charge on any atom is -0.256 e. The van der Waals surface area contributed by atoms with Gasteiger partial charge < -0.3 is 0 Å². The van der Waals surface area contributed by atoms with E-state index >= 15 is 0 Å². The molecule has 0 bridgehead atoms. The van der Waals surface area contributed by atoms with E-state index in [2.05, 4.69) is 90.9 Å². The first-order valence-corrected chi connectivity index (χ1v) is 8.97. The summed E-state index contributed by atoms with van der Waals surface area (Å²) < 4.78 is 0. The van der Waals surface area contributed by atoms with Crippen molar-refractivity contribution in [2.75, 3.05) is 0 Å². The van der Waals surface area contributed by atoms with Crippen LogP contribution in [0, 0.1) is 0 Å².